The second-order valence-corrected chi connectivity index (χ2v) is 14.2. The molecule has 2 amide bonds. The molecule has 3 atom stereocenters. The fourth-order valence-electron chi connectivity index (χ4n) is 5.18. The summed E-state index contributed by atoms with van der Waals surface area (Å²) in [5, 5.41) is 16.8. The Morgan fingerprint density at radius 1 is 1.22 bits per heavy atom. The molecule has 2 aromatic rings. The Bertz CT molecular complexity index is 1460. The van der Waals surface area contributed by atoms with Crippen LogP contribution in [0.4, 0.5) is 9.93 Å². The topological polar surface area (TPSA) is 197 Å². The van der Waals surface area contributed by atoms with Crippen molar-refractivity contribution in [3.05, 3.63) is 22.3 Å². The Kier molecular flexibility index (Phi) is 11.4. The predicted molar refractivity (Wildman–Crippen MR) is 169 cm³/mol. The van der Waals surface area contributed by atoms with Crippen LogP contribution in [0.2, 0.25) is 0 Å². The number of amides is 2. The van der Waals surface area contributed by atoms with Crippen molar-refractivity contribution in [2.24, 2.45) is 0 Å². The van der Waals surface area contributed by atoms with Crippen LogP contribution in [0.25, 0.3) is 0 Å². The summed E-state index contributed by atoms with van der Waals surface area (Å²) in [5.74, 6) is -1.01. The number of likely N-dealkylation sites (N-methyl/N-ethyl adjacent to an activating group) is 1. The van der Waals surface area contributed by atoms with Gasteiger partial charge in [0.05, 0.1) is 18.7 Å². The van der Waals surface area contributed by atoms with E-state index in [1.807, 2.05) is 19.0 Å². The number of carbonyl (C=O) groups excluding carboxylic acids is 4. The van der Waals surface area contributed by atoms with Crippen LogP contribution in [0.15, 0.2) is 21.8 Å². The van der Waals surface area contributed by atoms with E-state index in [0.717, 1.165) is 38.6 Å². The highest BCUT2D eigenvalue weighted by Gasteiger charge is 2.54. The van der Waals surface area contributed by atoms with Gasteiger partial charge in [0, 0.05) is 30.4 Å². The zero-order valence-corrected chi connectivity index (χ0v) is 28.2. The van der Waals surface area contributed by atoms with Gasteiger partial charge in [-0.05, 0) is 55.8 Å². The molecule has 3 aliphatic rings. The highest BCUT2D eigenvalue weighted by atomic mass is 32.2. The smallest absolute Gasteiger partial charge is 0.431 e. The van der Waals surface area contributed by atoms with Gasteiger partial charge in [0.1, 0.15) is 23.2 Å². The Balaban J connectivity index is 1.27. The summed E-state index contributed by atoms with van der Waals surface area (Å²) >= 11 is 3.97. The van der Waals surface area contributed by atoms with Crippen molar-refractivity contribution < 1.29 is 33.4 Å². The van der Waals surface area contributed by atoms with Gasteiger partial charge < -0.3 is 30.2 Å². The molecule has 5 rings (SSSR count). The Labute approximate surface area is 278 Å². The number of nitrogen functional groups attached to an aromatic ring is 1. The average molecular weight is 696 g/mol. The molecule has 1 saturated heterocycles. The number of nitrogens with one attached hydrogen (secondary N) is 1. The lowest BCUT2D eigenvalue weighted by atomic mass is 9.98. The summed E-state index contributed by atoms with van der Waals surface area (Å²) in [5.41, 5.74) is 6.83. The van der Waals surface area contributed by atoms with E-state index in [9.17, 15) is 19.2 Å². The number of tetrazole rings is 1. The number of hydrogen-bond acceptors (Lipinski definition) is 16. The number of hydrogen-bond donors (Lipinski definition) is 2. The third kappa shape index (κ3) is 8.48. The molecule has 0 spiro atoms. The second-order valence-electron chi connectivity index (χ2n) is 11.3. The highest BCUT2D eigenvalue weighted by Crippen LogP contribution is 2.42. The minimum Gasteiger partial charge on any atom is -0.431 e. The molecule has 4 heterocycles. The van der Waals surface area contributed by atoms with Gasteiger partial charge in [0.25, 0.3) is 5.91 Å². The molecule has 19 heteroatoms. The van der Waals surface area contributed by atoms with Crippen LogP contribution >= 0.6 is 34.9 Å². The molecule has 250 valence electrons. The number of nitrogens with two attached hydrogens (primary N) is 1. The molecular weight excluding hydrogens is 659 g/mol. The Hall–Kier alpha value is -3.42. The summed E-state index contributed by atoms with van der Waals surface area (Å²) in [6.07, 6.45) is 2.14. The first-order valence-corrected chi connectivity index (χ1v) is 17.8. The van der Waals surface area contributed by atoms with Crippen molar-refractivity contribution in [3.63, 3.8) is 0 Å². The highest BCUT2D eigenvalue weighted by molar-refractivity contribution is 8.01. The minimum atomic E-state index is -1.27. The van der Waals surface area contributed by atoms with Crippen LogP contribution < -0.4 is 11.1 Å². The quantitative estimate of drug-likeness (QED) is 0.133. The number of esters is 1. The van der Waals surface area contributed by atoms with Crippen molar-refractivity contribution in [3.8, 4) is 0 Å². The lowest BCUT2D eigenvalue weighted by molar-refractivity contribution is -0.170. The molecule has 0 aromatic carbocycles. The second kappa shape index (κ2) is 15.4. The first-order valence-electron chi connectivity index (χ1n) is 14.9. The summed E-state index contributed by atoms with van der Waals surface area (Å²) in [6, 6.07) is -0.844. The molecule has 46 heavy (non-hydrogen) atoms. The van der Waals surface area contributed by atoms with Gasteiger partial charge in [0.2, 0.25) is 17.4 Å². The Morgan fingerprint density at radius 2 is 2.00 bits per heavy atom. The van der Waals surface area contributed by atoms with E-state index in [1.165, 1.54) is 46.7 Å². The van der Waals surface area contributed by atoms with Gasteiger partial charge >= 0.3 is 12.1 Å². The number of rotatable bonds is 13. The van der Waals surface area contributed by atoms with Gasteiger partial charge in [-0.3, -0.25) is 14.5 Å². The summed E-state index contributed by atoms with van der Waals surface area (Å²) in [4.78, 5) is 59.6. The van der Waals surface area contributed by atoms with E-state index in [2.05, 4.69) is 25.8 Å². The largest absolute Gasteiger partial charge is 0.511 e. The first kappa shape index (κ1) is 33.9. The van der Waals surface area contributed by atoms with E-state index in [1.54, 1.807) is 10.1 Å². The van der Waals surface area contributed by atoms with E-state index in [0.29, 0.717) is 33.9 Å². The molecular formula is C27H37N9O7S3. The van der Waals surface area contributed by atoms with Crippen molar-refractivity contribution in [2.45, 2.75) is 81.0 Å². The van der Waals surface area contributed by atoms with Crippen molar-refractivity contribution >= 4 is 63.9 Å². The molecule has 2 aliphatic heterocycles. The molecule has 0 bridgehead atoms. The number of nitrogens with zero attached hydrogens (tertiary/aromatic N) is 7. The molecule has 2 fully saturated rings. The number of aromatic nitrogens is 5. The monoisotopic (exact) mass is 695 g/mol. The van der Waals surface area contributed by atoms with Crippen molar-refractivity contribution in [1.29, 1.82) is 0 Å². The van der Waals surface area contributed by atoms with E-state index >= 15 is 0 Å². The van der Waals surface area contributed by atoms with Gasteiger partial charge in [-0.25, -0.2) is 19.3 Å². The predicted octanol–water partition coefficient (Wildman–Crippen LogP) is 1.64. The van der Waals surface area contributed by atoms with Crippen molar-refractivity contribution in [1.82, 2.24) is 40.3 Å². The summed E-state index contributed by atoms with van der Waals surface area (Å²) < 4.78 is 17.8. The molecule has 0 radical (unpaired) electrons. The zero-order chi connectivity index (χ0) is 32.8. The standard InChI is InChI=1S/C27H37N9O7S3/c1-15(42-27(40)43-18-7-5-4-6-8-18)41-24(39)21-16(13-46-26-31-32-33-35(26)10-9-34(2)3)12-44-23-20(22(38)36(21)23)30-19(37)11-17-14-45-25(28)29-17/h14-15,18,20,23H,4-13H2,1-3H3,(H2,28,29)(H,30,37)/t15-,20+,23+/m1/s1. The molecule has 2 aromatic heterocycles. The third-order valence-corrected chi connectivity index (χ3v) is 10.6. The molecule has 16 nitrogen and oxygen atoms in total. The Morgan fingerprint density at radius 3 is 2.72 bits per heavy atom. The molecule has 1 saturated carbocycles. The van der Waals surface area contributed by atoms with E-state index < -0.39 is 35.7 Å². The van der Waals surface area contributed by atoms with Crippen LogP contribution in [-0.4, -0.2) is 115 Å². The summed E-state index contributed by atoms with van der Waals surface area (Å²) in [7, 11) is 3.90. The number of carbonyl (C=O) groups is 4. The maximum atomic E-state index is 13.6. The number of anilines is 1. The van der Waals surface area contributed by atoms with Crippen LogP contribution in [0, 0.1) is 0 Å². The number of thioether (sulfide) groups is 2. The molecule has 0 unspecified atom stereocenters. The minimum absolute atomic E-state index is 0.0319. The van der Waals surface area contributed by atoms with Crippen LogP contribution in [0.3, 0.4) is 0 Å². The van der Waals surface area contributed by atoms with Crippen molar-refractivity contribution in [2.75, 3.05) is 37.9 Å². The number of ether oxygens (including phenoxy) is 3. The fourth-order valence-corrected chi connectivity index (χ4v) is 8.13. The molecule has 1 aliphatic carbocycles. The maximum Gasteiger partial charge on any atom is 0.511 e. The van der Waals surface area contributed by atoms with Crippen LogP contribution in [-0.2, 0) is 41.6 Å². The van der Waals surface area contributed by atoms with Crippen LogP contribution in [0.1, 0.15) is 44.7 Å². The third-order valence-electron chi connectivity index (χ3n) is 7.45. The van der Waals surface area contributed by atoms with Gasteiger partial charge in [0.15, 0.2) is 5.13 Å². The van der Waals surface area contributed by atoms with Gasteiger partial charge in [-0.1, -0.05) is 18.2 Å². The van der Waals surface area contributed by atoms with Crippen LogP contribution in [0.5, 0.6) is 0 Å². The maximum absolute atomic E-state index is 13.6. The number of fused-ring (bicyclic) bond motifs is 1. The molecule has 3 N–H and O–H groups in total. The van der Waals surface area contributed by atoms with E-state index in [4.69, 9.17) is 19.9 Å². The van der Waals surface area contributed by atoms with Gasteiger partial charge in [-0.15, -0.1) is 28.2 Å². The zero-order valence-electron chi connectivity index (χ0n) is 25.7. The lowest BCUT2D eigenvalue weighted by Crippen LogP contribution is -2.70. The van der Waals surface area contributed by atoms with Gasteiger partial charge in [-0.2, -0.15) is 0 Å². The SMILES string of the molecule is C[C@@H](OC(=O)OC1CCCCC1)OC(=O)C1=C(CSc2nnnn2CCN(C)C)CS[C@H]2[C@@H](NC(=O)Cc3csc(N)n3)C(=O)N12. The lowest BCUT2D eigenvalue weighted by Gasteiger charge is -2.49. The first-order chi connectivity index (χ1) is 22.1. The average Bonchev–Trinajstić information content (AvgIpc) is 3.65. The number of β-lactam (4-membered cyclic amide) rings is 1. The number of thiazole rings is 1. The van der Waals surface area contributed by atoms with E-state index in [-0.39, 0.29) is 29.9 Å². The fraction of sp³-hybridized carbons (Fsp3) is 0.630. The normalized spacial score (nSPS) is 20.6. The summed E-state index contributed by atoms with van der Waals surface area (Å²) in [6.45, 7) is 2.70.